The first kappa shape index (κ1) is 18.4. The lowest BCUT2D eigenvalue weighted by atomic mass is 10.2. The Kier molecular flexibility index (Phi) is 5.23. The maximum atomic E-state index is 14.4. The van der Waals surface area contributed by atoms with E-state index in [0.717, 1.165) is 5.56 Å². The first-order chi connectivity index (χ1) is 13.6. The van der Waals surface area contributed by atoms with Crippen molar-refractivity contribution >= 4 is 29.3 Å². The van der Waals surface area contributed by atoms with Gasteiger partial charge in [0.1, 0.15) is 16.0 Å². The SMILES string of the molecule is Nc1nc(Cl)cc(Sc2nnc(-c3ccccc3F)n2Cc2ccccc2)n1. The Labute approximate surface area is 169 Å². The van der Waals surface area contributed by atoms with Gasteiger partial charge in [-0.05, 0) is 29.5 Å². The van der Waals surface area contributed by atoms with Gasteiger partial charge in [0.05, 0.1) is 12.1 Å². The Hall–Kier alpha value is -2.97. The van der Waals surface area contributed by atoms with E-state index < -0.39 is 0 Å². The molecule has 0 saturated carbocycles. The van der Waals surface area contributed by atoms with Crippen molar-refractivity contribution in [2.75, 3.05) is 5.73 Å². The fraction of sp³-hybridized carbons (Fsp3) is 0.0526. The summed E-state index contributed by atoms with van der Waals surface area (Å²) >= 11 is 7.21. The van der Waals surface area contributed by atoms with Crippen LogP contribution in [0.25, 0.3) is 11.4 Å². The Balaban J connectivity index is 1.78. The Bertz CT molecular complexity index is 1100. The van der Waals surface area contributed by atoms with E-state index in [9.17, 15) is 4.39 Å². The minimum absolute atomic E-state index is 0.0680. The van der Waals surface area contributed by atoms with Crippen molar-refractivity contribution in [3.8, 4) is 11.4 Å². The quantitative estimate of drug-likeness (QED) is 0.492. The maximum absolute atomic E-state index is 14.4. The van der Waals surface area contributed by atoms with Gasteiger partial charge in [0, 0.05) is 6.07 Å². The highest BCUT2D eigenvalue weighted by Gasteiger charge is 2.18. The monoisotopic (exact) mass is 412 g/mol. The van der Waals surface area contributed by atoms with Crippen molar-refractivity contribution in [2.24, 2.45) is 0 Å². The second-order valence-electron chi connectivity index (χ2n) is 5.85. The molecule has 4 rings (SSSR count). The molecule has 0 aliphatic rings. The molecule has 0 fully saturated rings. The molecule has 28 heavy (non-hydrogen) atoms. The second kappa shape index (κ2) is 7.95. The number of nitrogens with two attached hydrogens (primary N) is 1. The van der Waals surface area contributed by atoms with E-state index in [1.807, 2.05) is 34.9 Å². The van der Waals surface area contributed by atoms with Gasteiger partial charge in [-0.2, -0.15) is 0 Å². The summed E-state index contributed by atoms with van der Waals surface area (Å²) in [7, 11) is 0. The smallest absolute Gasteiger partial charge is 0.222 e. The topological polar surface area (TPSA) is 82.5 Å². The fourth-order valence-corrected chi connectivity index (χ4v) is 3.77. The van der Waals surface area contributed by atoms with E-state index in [2.05, 4.69) is 20.2 Å². The zero-order chi connectivity index (χ0) is 19.5. The van der Waals surface area contributed by atoms with E-state index >= 15 is 0 Å². The highest BCUT2D eigenvalue weighted by molar-refractivity contribution is 7.99. The number of halogens is 2. The molecule has 2 aromatic heterocycles. The van der Waals surface area contributed by atoms with Crippen molar-refractivity contribution in [3.05, 3.63) is 77.2 Å². The molecule has 6 nitrogen and oxygen atoms in total. The van der Waals surface area contributed by atoms with Crippen molar-refractivity contribution in [1.29, 1.82) is 0 Å². The van der Waals surface area contributed by atoms with Gasteiger partial charge in [-0.1, -0.05) is 54.1 Å². The molecule has 0 aliphatic carbocycles. The van der Waals surface area contributed by atoms with Gasteiger partial charge in [0.25, 0.3) is 0 Å². The normalized spacial score (nSPS) is 10.9. The van der Waals surface area contributed by atoms with Crippen LogP contribution in [0.3, 0.4) is 0 Å². The van der Waals surface area contributed by atoms with Crippen molar-refractivity contribution in [2.45, 2.75) is 16.7 Å². The Morgan fingerprint density at radius 1 is 1.00 bits per heavy atom. The van der Waals surface area contributed by atoms with Crippen LogP contribution in [0.2, 0.25) is 5.15 Å². The zero-order valence-electron chi connectivity index (χ0n) is 14.5. The van der Waals surface area contributed by atoms with E-state index in [4.69, 9.17) is 17.3 Å². The molecule has 0 aliphatic heterocycles. The van der Waals surface area contributed by atoms with Gasteiger partial charge in [-0.25, -0.2) is 14.4 Å². The minimum atomic E-state index is -0.366. The Morgan fingerprint density at radius 3 is 2.50 bits per heavy atom. The summed E-state index contributed by atoms with van der Waals surface area (Å²) < 4.78 is 16.2. The Morgan fingerprint density at radius 2 is 1.75 bits per heavy atom. The highest BCUT2D eigenvalue weighted by atomic mass is 35.5. The summed E-state index contributed by atoms with van der Waals surface area (Å²) in [5.74, 6) is 0.131. The third kappa shape index (κ3) is 3.97. The largest absolute Gasteiger partial charge is 0.368 e. The molecule has 140 valence electrons. The number of rotatable bonds is 5. The van der Waals surface area contributed by atoms with E-state index in [0.29, 0.717) is 28.1 Å². The first-order valence-electron chi connectivity index (χ1n) is 8.30. The molecule has 0 bridgehead atoms. The number of hydrogen-bond donors (Lipinski definition) is 1. The average Bonchev–Trinajstić information content (AvgIpc) is 3.04. The first-order valence-corrected chi connectivity index (χ1v) is 9.49. The van der Waals surface area contributed by atoms with Crippen LogP contribution in [0.4, 0.5) is 10.3 Å². The molecule has 2 aromatic carbocycles. The van der Waals surface area contributed by atoms with Crippen molar-refractivity contribution in [3.63, 3.8) is 0 Å². The lowest BCUT2D eigenvalue weighted by Gasteiger charge is -2.11. The third-order valence-electron chi connectivity index (χ3n) is 3.90. The molecule has 9 heteroatoms. The lowest BCUT2D eigenvalue weighted by Crippen LogP contribution is -2.05. The summed E-state index contributed by atoms with van der Waals surface area (Å²) in [6, 6.07) is 17.9. The van der Waals surface area contributed by atoms with Gasteiger partial charge < -0.3 is 5.73 Å². The number of hydrogen-bond acceptors (Lipinski definition) is 6. The molecule has 2 heterocycles. The molecule has 0 amide bonds. The van der Waals surface area contributed by atoms with Crippen LogP contribution >= 0.6 is 23.4 Å². The summed E-state index contributed by atoms with van der Waals surface area (Å²) in [6.07, 6.45) is 0. The van der Waals surface area contributed by atoms with E-state index in [-0.39, 0.29) is 16.9 Å². The number of benzene rings is 2. The van der Waals surface area contributed by atoms with Crippen LogP contribution in [0, 0.1) is 5.82 Å². The van der Waals surface area contributed by atoms with Crippen molar-refractivity contribution in [1.82, 2.24) is 24.7 Å². The predicted molar refractivity (Wildman–Crippen MR) is 107 cm³/mol. The van der Waals surface area contributed by atoms with Crippen LogP contribution in [0.5, 0.6) is 0 Å². The van der Waals surface area contributed by atoms with Crippen molar-refractivity contribution < 1.29 is 4.39 Å². The van der Waals surface area contributed by atoms with Gasteiger partial charge in [-0.15, -0.1) is 10.2 Å². The molecule has 0 unspecified atom stereocenters. The van der Waals surface area contributed by atoms with Gasteiger partial charge in [0.15, 0.2) is 11.0 Å². The average molecular weight is 413 g/mol. The second-order valence-corrected chi connectivity index (χ2v) is 7.22. The molecule has 0 atom stereocenters. The summed E-state index contributed by atoms with van der Waals surface area (Å²) in [6.45, 7) is 0.466. The molecule has 0 saturated heterocycles. The number of aromatic nitrogens is 5. The highest BCUT2D eigenvalue weighted by Crippen LogP contribution is 2.31. The van der Waals surface area contributed by atoms with Gasteiger partial charge in [-0.3, -0.25) is 4.57 Å². The molecular weight excluding hydrogens is 399 g/mol. The summed E-state index contributed by atoms with van der Waals surface area (Å²) in [4.78, 5) is 8.02. The number of nitrogens with zero attached hydrogens (tertiary/aromatic N) is 5. The van der Waals surface area contributed by atoms with Crippen LogP contribution in [0.1, 0.15) is 5.56 Å². The lowest BCUT2D eigenvalue weighted by molar-refractivity contribution is 0.626. The number of anilines is 1. The predicted octanol–water partition coefficient (Wildman–Crippen LogP) is 4.31. The van der Waals surface area contributed by atoms with Gasteiger partial charge in [0.2, 0.25) is 5.95 Å². The summed E-state index contributed by atoms with van der Waals surface area (Å²) in [5, 5.41) is 9.78. The fourth-order valence-electron chi connectivity index (χ4n) is 2.67. The van der Waals surface area contributed by atoms with Crippen LogP contribution < -0.4 is 5.73 Å². The minimum Gasteiger partial charge on any atom is -0.368 e. The zero-order valence-corrected chi connectivity index (χ0v) is 16.0. The maximum Gasteiger partial charge on any atom is 0.222 e. The molecule has 4 aromatic rings. The van der Waals surface area contributed by atoms with E-state index in [1.165, 1.54) is 17.8 Å². The third-order valence-corrected chi connectivity index (χ3v) is 5.00. The molecule has 2 N–H and O–H groups in total. The van der Waals surface area contributed by atoms with E-state index in [1.54, 1.807) is 24.3 Å². The molecule has 0 spiro atoms. The number of nitrogen functional groups attached to an aromatic ring is 1. The summed E-state index contributed by atoms with van der Waals surface area (Å²) in [5.41, 5.74) is 7.08. The standard InChI is InChI=1S/C19H14ClFN6S/c20-15-10-16(24-18(22)23-15)28-19-26-25-17(13-8-4-5-9-14(13)21)27(19)11-12-6-2-1-3-7-12/h1-10H,11H2,(H2,22,23,24). The molecule has 0 radical (unpaired) electrons. The van der Waals surface area contributed by atoms with Crippen LogP contribution in [-0.2, 0) is 6.54 Å². The molecular formula is C19H14ClFN6S. The van der Waals surface area contributed by atoms with Crippen LogP contribution in [-0.4, -0.2) is 24.7 Å². The van der Waals surface area contributed by atoms with Gasteiger partial charge >= 0.3 is 0 Å². The van der Waals surface area contributed by atoms with Crippen LogP contribution in [0.15, 0.2) is 70.8 Å².